The van der Waals surface area contributed by atoms with Crippen molar-refractivity contribution >= 4 is 11.0 Å². The first-order valence-corrected chi connectivity index (χ1v) is 5.33. The van der Waals surface area contributed by atoms with Crippen LogP contribution in [0.3, 0.4) is 0 Å². The minimum atomic E-state index is -0.282. The second-order valence-corrected chi connectivity index (χ2v) is 3.69. The van der Waals surface area contributed by atoms with Crippen LogP contribution in [0.15, 0.2) is 39.5 Å². The van der Waals surface area contributed by atoms with E-state index in [0.29, 0.717) is 5.58 Å². The number of fused-ring (bicyclic) bond motifs is 1. The van der Waals surface area contributed by atoms with Gasteiger partial charge in [0.15, 0.2) is 0 Å². The van der Waals surface area contributed by atoms with Gasteiger partial charge in [0.25, 0.3) is 0 Å². The fourth-order valence-corrected chi connectivity index (χ4v) is 1.75. The smallest absolute Gasteiger partial charge is 0.336 e. The maximum absolute atomic E-state index is 11.0. The van der Waals surface area contributed by atoms with Crippen LogP contribution >= 0.6 is 0 Å². The van der Waals surface area contributed by atoms with Crippen LogP contribution in [-0.2, 0) is 6.42 Å². The molecule has 15 heavy (non-hydrogen) atoms. The highest BCUT2D eigenvalue weighted by Gasteiger charge is 2.02. The summed E-state index contributed by atoms with van der Waals surface area (Å²) >= 11 is 0. The summed E-state index contributed by atoms with van der Waals surface area (Å²) in [5.74, 6) is 0. The van der Waals surface area contributed by atoms with Crippen LogP contribution in [0, 0.1) is 0 Å². The molecule has 0 aliphatic rings. The minimum absolute atomic E-state index is 0.282. The van der Waals surface area contributed by atoms with Crippen LogP contribution in [0.1, 0.15) is 25.3 Å². The normalized spacial score (nSPS) is 10.7. The number of hydrogen-bond acceptors (Lipinski definition) is 2. The third kappa shape index (κ3) is 2.09. The predicted molar refractivity (Wildman–Crippen MR) is 61.1 cm³/mol. The lowest BCUT2D eigenvalue weighted by Crippen LogP contribution is -1.96. The van der Waals surface area contributed by atoms with Crippen molar-refractivity contribution in [2.45, 2.75) is 26.2 Å². The Labute approximate surface area is 88.5 Å². The van der Waals surface area contributed by atoms with Crippen LogP contribution in [0.4, 0.5) is 0 Å². The van der Waals surface area contributed by atoms with E-state index in [1.165, 1.54) is 18.1 Å². The van der Waals surface area contributed by atoms with Crippen molar-refractivity contribution in [3.63, 3.8) is 0 Å². The van der Waals surface area contributed by atoms with Crippen molar-refractivity contribution in [2.24, 2.45) is 0 Å². The summed E-state index contributed by atoms with van der Waals surface area (Å²) in [5, 5.41) is 1.06. The Morgan fingerprint density at radius 3 is 2.87 bits per heavy atom. The molecule has 2 heteroatoms. The van der Waals surface area contributed by atoms with E-state index in [0.717, 1.165) is 18.2 Å². The molecule has 0 amide bonds. The molecule has 0 N–H and O–H groups in total. The molecule has 0 saturated carbocycles. The summed E-state index contributed by atoms with van der Waals surface area (Å²) in [6, 6.07) is 9.21. The molecule has 0 saturated heterocycles. The van der Waals surface area contributed by atoms with Gasteiger partial charge in [-0.3, -0.25) is 0 Å². The van der Waals surface area contributed by atoms with Gasteiger partial charge in [-0.2, -0.15) is 0 Å². The van der Waals surface area contributed by atoms with Crippen LogP contribution in [0.2, 0.25) is 0 Å². The Balaban J connectivity index is 2.51. The van der Waals surface area contributed by atoms with E-state index in [4.69, 9.17) is 4.42 Å². The van der Waals surface area contributed by atoms with Crippen molar-refractivity contribution in [1.82, 2.24) is 0 Å². The quantitative estimate of drug-likeness (QED) is 0.716. The highest BCUT2D eigenvalue weighted by atomic mass is 16.4. The highest BCUT2D eigenvalue weighted by Crippen LogP contribution is 2.18. The number of aryl methyl sites for hydroxylation is 1. The molecule has 0 atom stereocenters. The summed E-state index contributed by atoms with van der Waals surface area (Å²) < 4.78 is 5.13. The first-order chi connectivity index (χ1) is 7.31. The Bertz CT molecular complexity index is 511. The first kappa shape index (κ1) is 9.97. The molecular formula is C13H14O2. The molecule has 2 nitrogen and oxygen atoms in total. The van der Waals surface area contributed by atoms with Crippen molar-refractivity contribution in [1.29, 1.82) is 0 Å². The first-order valence-electron chi connectivity index (χ1n) is 5.33. The lowest BCUT2D eigenvalue weighted by molar-refractivity contribution is 0.560. The monoisotopic (exact) mass is 202 g/mol. The fourth-order valence-electron chi connectivity index (χ4n) is 1.75. The maximum atomic E-state index is 11.0. The van der Waals surface area contributed by atoms with Gasteiger partial charge >= 0.3 is 5.63 Å². The molecule has 0 fully saturated rings. The summed E-state index contributed by atoms with van der Waals surface area (Å²) in [4.78, 5) is 11.0. The largest absolute Gasteiger partial charge is 0.423 e. The standard InChI is InChI=1S/C13H14O2/c1-2-3-5-10-6-4-7-12-11(10)8-9-13(14)15-12/h4,6-9H,2-3,5H2,1H3. The van der Waals surface area contributed by atoms with Gasteiger partial charge in [-0.05, 0) is 30.5 Å². The molecule has 78 valence electrons. The summed E-state index contributed by atoms with van der Waals surface area (Å²) in [5.41, 5.74) is 1.67. The topological polar surface area (TPSA) is 30.2 Å². The Hall–Kier alpha value is -1.57. The summed E-state index contributed by atoms with van der Waals surface area (Å²) in [6.07, 6.45) is 3.38. The third-order valence-electron chi connectivity index (χ3n) is 2.55. The molecule has 0 unspecified atom stereocenters. The lowest BCUT2D eigenvalue weighted by Gasteiger charge is -2.03. The Morgan fingerprint density at radius 1 is 1.20 bits per heavy atom. The average Bonchev–Trinajstić information content (AvgIpc) is 2.25. The van der Waals surface area contributed by atoms with E-state index in [1.807, 2.05) is 18.2 Å². The van der Waals surface area contributed by atoms with Crippen molar-refractivity contribution < 1.29 is 4.42 Å². The Morgan fingerprint density at radius 2 is 2.07 bits per heavy atom. The predicted octanol–water partition coefficient (Wildman–Crippen LogP) is 3.14. The molecule has 0 aliphatic carbocycles. The van der Waals surface area contributed by atoms with E-state index in [-0.39, 0.29) is 5.63 Å². The second-order valence-electron chi connectivity index (χ2n) is 3.69. The number of unbranched alkanes of at least 4 members (excludes halogenated alkanes) is 1. The van der Waals surface area contributed by atoms with E-state index in [1.54, 1.807) is 0 Å². The van der Waals surface area contributed by atoms with Gasteiger partial charge in [-0.15, -0.1) is 0 Å². The number of benzene rings is 1. The number of hydrogen-bond donors (Lipinski definition) is 0. The average molecular weight is 202 g/mol. The summed E-state index contributed by atoms with van der Waals surface area (Å²) in [7, 11) is 0. The van der Waals surface area contributed by atoms with Gasteiger partial charge < -0.3 is 4.42 Å². The van der Waals surface area contributed by atoms with Crippen molar-refractivity contribution in [3.8, 4) is 0 Å². The number of rotatable bonds is 3. The molecule has 0 radical (unpaired) electrons. The van der Waals surface area contributed by atoms with Crippen LogP contribution in [0.5, 0.6) is 0 Å². The van der Waals surface area contributed by atoms with Crippen molar-refractivity contribution in [2.75, 3.05) is 0 Å². The Kier molecular flexibility index (Phi) is 2.86. The van der Waals surface area contributed by atoms with E-state index in [9.17, 15) is 4.79 Å². The van der Waals surface area contributed by atoms with E-state index >= 15 is 0 Å². The fraction of sp³-hybridized carbons (Fsp3) is 0.308. The zero-order valence-electron chi connectivity index (χ0n) is 8.82. The van der Waals surface area contributed by atoms with Gasteiger partial charge in [0.1, 0.15) is 5.58 Å². The summed E-state index contributed by atoms with van der Waals surface area (Å²) in [6.45, 7) is 2.17. The van der Waals surface area contributed by atoms with E-state index < -0.39 is 0 Å². The zero-order valence-corrected chi connectivity index (χ0v) is 8.82. The van der Waals surface area contributed by atoms with Crippen LogP contribution in [-0.4, -0.2) is 0 Å². The molecule has 2 rings (SSSR count). The third-order valence-corrected chi connectivity index (χ3v) is 2.55. The SMILES string of the molecule is CCCCc1cccc2oc(=O)ccc12. The zero-order chi connectivity index (χ0) is 10.7. The van der Waals surface area contributed by atoms with Gasteiger partial charge in [-0.25, -0.2) is 4.79 Å². The van der Waals surface area contributed by atoms with Crippen LogP contribution < -0.4 is 5.63 Å². The lowest BCUT2D eigenvalue weighted by atomic mass is 10.0. The molecule has 0 bridgehead atoms. The molecule has 2 aromatic rings. The van der Waals surface area contributed by atoms with Gasteiger partial charge in [0.2, 0.25) is 0 Å². The maximum Gasteiger partial charge on any atom is 0.336 e. The van der Waals surface area contributed by atoms with Gasteiger partial charge in [-0.1, -0.05) is 25.5 Å². The molecule has 0 spiro atoms. The van der Waals surface area contributed by atoms with Gasteiger partial charge in [0, 0.05) is 11.5 Å². The molecule has 1 aromatic carbocycles. The molecular weight excluding hydrogens is 188 g/mol. The highest BCUT2D eigenvalue weighted by molar-refractivity contribution is 5.80. The minimum Gasteiger partial charge on any atom is -0.423 e. The molecule has 1 heterocycles. The van der Waals surface area contributed by atoms with Crippen LogP contribution in [0.25, 0.3) is 11.0 Å². The van der Waals surface area contributed by atoms with Gasteiger partial charge in [0.05, 0.1) is 0 Å². The van der Waals surface area contributed by atoms with E-state index in [2.05, 4.69) is 13.0 Å². The van der Waals surface area contributed by atoms with Crippen molar-refractivity contribution in [3.05, 3.63) is 46.3 Å². The molecule has 1 aromatic heterocycles. The molecule has 0 aliphatic heterocycles. The second kappa shape index (κ2) is 4.30.